The van der Waals surface area contributed by atoms with E-state index in [4.69, 9.17) is 4.18 Å². The van der Waals surface area contributed by atoms with Gasteiger partial charge in [0.25, 0.3) is 0 Å². The third-order valence-electron chi connectivity index (χ3n) is 0.499. The van der Waals surface area contributed by atoms with Gasteiger partial charge in [0.05, 0.1) is 0 Å². The highest BCUT2D eigenvalue weighted by Gasteiger charge is 2.06. The average Bonchev–Trinajstić information content (AvgIpc) is 1.62. The molecule has 0 spiro atoms. The molecule has 62 valence electrons. The first-order valence-electron chi connectivity index (χ1n) is 2.50. The molecule has 0 fully saturated rings. The maximum absolute atomic E-state index is 10.5. The number of carbonyl (C=O) groups is 1. The second kappa shape index (κ2) is 4.57. The van der Waals surface area contributed by atoms with Gasteiger partial charge in [-0.25, -0.2) is 4.79 Å². The normalized spacial score (nSPS) is 11.1. The highest BCUT2D eigenvalue weighted by Crippen LogP contribution is 2.35. The quantitative estimate of drug-likeness (QED) is 0.437. The predicted octanol–water partition coefficient (Wildman–Crippen LogP) is -0.127. The lowest BCUT2D eigenvalue weighted by Gasteiger charge is -2.23. The summed E-state index contributed by atoms with van der Waals surface area (Å²) in [4.78, 5) is 10.5. The molecular weight excluding hydrogens is 164 g/mol. The van der Waals surface area contributed by atoms with Crippen LogP contribution in [0.3, 0.4) is 0 Å². The third-order valence-corrected chi connectivity index (χ3v) is 1.16. The van der Waals surface area contributed by atoms with Gasteiger partial charge in [-0.05, 0) is 29.7 Å². The summed E-state index contributed by atoms with van der Waals surface area (Å²) in [6.07, 6.45) is 6.87. The van der Waals surface area contributed by atoms with Crippen LogP contribution in [0, 0.1) is 0 Å². The Hall–Kier alpha value is -0.223. The van der Waals surface area contributed by atoms with Crippen molar-refractivity contribution in [2.75, 3.05) is 18.8 Å². The maximum Gasteiger partial charge on any atom is 0.340 e. The highest BCUT2D eigenvalue weighted by molar-refractivity contribution is 8.28. The van der Waals surface area contributed by atoms with Gasteiger partial charge < -0.3 is 4.18 Å². The van der Waals surface area contributed by atoms with Gasteiger partial charge in [0.2, 0.25) is 0 Å². The summed E-state index contributed by atoms with van der Waals surface area (Å²) in [6, 6.07) is 0. The largest absolute Gasteiger partial charge is 0.413 e. The van der Waals surface area contributed by atoms with E-state index in [9.17, 15) is 4.79 Å². The molecule has 4 heteroatoms. The average molecular weight is 180 g/mol. The van der Waals surface area contributed by atoms with Gasteiger partial charge in [-0.3, -0.25) is 0 Å². The molecule has 0 aromatic carbocycles. The van der Waals surface area contributed by atoms with E-state index < -0.39 is 10.3 Å². The van der Waals surface area contributed by atoms with E-state index in [2.05, 4.69) is 6.58 Å². The molecular formula is C6H16O2SSi. The van der Waals surface area contributed by atoms with Crippen molar-refractivity contribution in [3.8, 4) is 0 Å². The van der Waals surface area contributed by atoms with Crippen LogP contribution in [0.1, 0.15) is 0 Å². The molecule has 0 aliphatic rings. The molecule has 0 saturated carbocycles. The first-order valence-corrected chi connectivity index (χ1v) is 5.28. The lowest BCUT2D eigenvalue weighted by atomic mass is 10.7. The molecule has 0 rings (SSSR count). The fourth-order valence-corrected chi connectivity index (χ4v) is 0.841. The topological polar surface area (TPSA) is 26.3 Å². The summed E-state index contributed by atoms with van der Waals surface area (Å²) in [7, 11) is -1.16. The maximum atomic E-state index is 10.5. The number of hydrogen-bond donors (Lipinski definition) is 0. The highest BCUT2D eigenvalue weighted by atomic mass is 32.3. The van der Waals surface area contributed by atoms with Crippen molar-refractivity contribution in [3.05, 3.63) is 12.7 Å². The van der Waals surface area contributed by atoms with Crippen LogP contribution < -0.4 is 0 Å². The van der Waals surface area contributed by atoms with E-state index in [1.54, 1.807) is 0 Å². The van der Waals surface area contributed by atoms with Crippen LogP contribution in [-0.4, -0.2) is 35.7 Å². The summed E-state index contributed by atoms with van der Waals surface area (Å²) < 4.78 is 4.91. The van der Waals surface area contributed by atoms with Crippen molar-refractivity contribution < 1.29 is 8.98 Å². The van der Waals surface area contributed by atoms with Crippen molar-refractivity contribution >= 4 is 27.2 Å². The van der Waals surface area contributed by atoms with E-state index in [1.807, 2.05) is 18.8 Å². The Bertz CT molecular complexity index is 128. The van der Waals surface area contributed by atoms with Gasteiger partial charge in [-0.2, -0.15) is 0 Å². The Morgan fingerprint density at radius 3 is 2.00 bits per heavy atom. The van der Waals surface area contributed by atoms with Crippen molar-refractivity contribution in [3.63, 3.8) is 0 Å². The van der Waals surface area contributed by atoms with Crippen LogP contribution in [0.25, 0.3) is 0 Å². The van der Waals surface area contributed by atoms with Gasteiger partial charge in [0.15, 0.2) is 0 Å². The van der Waals surface area contributed by atoms with Crippen LogP contribution in [0.15, 0.2) is 12.7 Å². The first kappa shape index (κ1) is 12.5. The second-order valence-electron chi connectivity index (χ2n) is 2.33. The minimum Gasteiger partial charge on any atom is -0.413 e. The molecule has 10 heavy (non-hydrogen) atoms. The smallest absolute Gasteiger partial charge is 0.340 e. The van der Waals surface area contributed by atoms with Crippen LogP contribution in [0.2, 0.25) is 0 Å². The lowest BCUT2D eigenvalue weighted by Crippen LogP contribution is -2.04. The molecule has 0 amide bonds. The molecule has 0 bridgehead atoms. The van der Waals surface area contributed by atoms with Gasteiger partial charge in [-0.1, -0.05) is 16.9 Å². The van der Waals surface area contributed by atoms with Crippen LogP contribution in [0.4, 0.5) is 0 Å². The van der Waals surface area contributed by atoms with E-state index >= 15 is 0 Å². The number of rotatable bonds is 2. The Kier molecular flexibility index (Phi) is 5.69. The summed E-state index contributed by atoms with van der Waals surface area (Å²) in [5.74, 6) is -0.336. The summed E-state index contributed by atoms with van der Waals surface area (Å²) in [5, 5.41) is 0. The fraction of sp³-hybridized carbons (Fsp3) is 0.500. The van der Waals surface area contributed by atoms with Gasteiger partial charge in [0, 0.05) is 6.08 Å². The van der Waals surface area contributed by atoms with Gasteiger partial charge >= 0.3 is 5.97 Å². The summed E-state index contributed by atoms with van der Waals surface area (Å²) in [6.45, 7) is 3.28. The molecule has 0 N–H and O–H groups in total. The zero-order chi connectivity index (χ0) is 7.49. The van der Waals surface area contributed by atoms with Crippen LogP contribution in [0.5, 0.6) is 0 Å². The minimum absolute atomic E-state index is 0. The number of hydrogen-bond acceptors (Lipinski definition) is 2. The SMILES string of the molecule is C=CC(=O)OS(C)(C)C.[SiH4]. The van der Waals surface area contributed by atoms with Gasteiger partial charge in [0.1, 0.15) is 0 Å². The van der Waals surface area contributed by atoms with E-state index in [-0.39, 0.29) is 16.9 Å². The molecule has 0 saturated heterocycles. The van der Waals surface area contributed by atoms with Crippen LogP contribution in [-0.2, 0) is 8.98 Å². The molecule has 0 atom stereocenters. The Balaban J connectivity index is 0. The molecule has 0 aromatic rings. The Labute approximate surface area is 68.2 Å². The Morgan fingerprint density at radius 2 is 1.90 bits per heavy atom. The molecule has 0 aliphatic heterocycles. The monoisotopic (exact) mass is 180 g/mol. The van der Waals surface area contributed by atoms with E-state index in [1.165, 1.54) is 6.08 Å². The first-order chi connectivity index (χ1) is 3.95. The molecule has 0 radical (unpaired) electrons. The van der Waals surface area contributed by atoms with E-state index in [0.29, 0.717) is 0 Å². The predicted molar refractivity (Wildman–Crippen MR) is 53.0 cm³/mol. The minimum atomic E-state index is -1.16. The van der Waals surface area contributed by atoms with E-state index in [0.717, 1.165) is 0 Å². The third kappa shape index (κ3) is 7.78. The summed E-state index contributed by atoms with van der Waals surface area (Å²) in [5.41, 5.74) is 0. The zero-order valence-corrected chi connectivity index (χ0v) is 6.83. The second-order valence-corrected chi connectivity index (χ2v) is 5.95. The standard InChI is InChI=1S/C6H12O2S.H4Si/c1-5-6(7)8-9(2,3)4;/h5H,1H2,2-4H3;1H4. The molecule has 0 unspecified atom stereocenters. The fourth-order valence-electron chi connectivity index (χ4n) is 0.280. The van der Waals surface area contributed by atoms with Crippen molar-refractivity contribution in [2.45, 2.75) is 0 Å². The number of carbonyl (C=O) groups excluding carboxylic acids is 1. The zero-order valence-electron chi connectivity index (χ0n) is 6.01. The molecule has 0 aliphatic carbocycles. The van der Waals surface area contributed by atoms with Crippen LogP contribution >= 0.6 is 10.3 Å². The van der Waals surface area contributed by atoms with Crippen molar-refractivity contribution in [1.29, 1.82) is 0 Å². The van der Waals surface area contributed by atoms with Gasteiger partial charge in [-0.15, -0.1) is 0 Å². The molecule has 2 nitrogen and oxygen atoms in total. The van der Waals surface area contributed by atoms with Crippen molar-refractivity contribution in [2.24, 2.45) is 0 Å². The lowest BCUT2D eigenvalue weighted by molar-refractivity contribution is -0.127. The van der Waals surface area contributed by atoms with Crippen molar-refractivity contribution in [1.82, 2.24) is 0 Å². The summed E-state index contributed by atoms with van der Waals surface area (Å²) >= 11 is 0. The Morgan fingerprint density at radius 1 is 1.50 bits per heavy atom. The molecule has 0 aromatic heterocycles. The molecule has 0 heterocycles.